The highest BCUT2D eigenvalue weighted by atomic mass is 32.2. The highest BCUT2D eigenvalue weighted by Gasteiger charge is 2.38. The van der Waals surface area contributed by atoms with Gasteiger partial charge in [0.1, 0.15) is 11.9 Å². The third-order valence-electron chi connectivity index (χ3n) is 5.92. The molecule has 9 heteroatoms. The zero-order chi connectivity index (χ0) is 24.0. The summed E-state index contributed by atoms with van der Waals surface area (Å²) in [5.74, 6) is -0.992. The Labute approximate surface area is 193 Å². The number of sulfonamides is 1. The molecule has 0 bridgehead atoms. The first kappa shape index (κ1) is 22.7. The number of nitrogens with one attached hydrogen (secondary N) is 1. The second-order valence-corrected chi connectivity index (χ2v) is 10.2. The van der Waals surface area contributed by atoms with Gasteiger partial charge < -0.3 is 9.64 Å². The quantitative estimate of drug-likeness (QED) is 0.535. The molecule has 172 valence electrons. The Morgan fingerprint density at radius 1 is 1.15 bits per heavy atom. The van der Waals surface area contributed by atoms with Crippen LogP contribution in [-0.2, 0) is 29.8 Å². The molecule has 0 saturated heterocycles. The fraction of sp³-hybridized carbons (Fsp3) is 0.292. The molecule has 0 saturated carbocycles. The van der Waals surface area contributed by atoms with Crippen LogP contribution in [0.2, 0.25) is 0 Å². The Hall–Kier alpha value is -3.46. The first-order chi connectivity index (χ1) is 15.5. The number of likely N-dealkylation sites (N-methyl/N-ethyl adjacent to an activating group) is 1. The Balaban J connectivity index is 1.44. The predicted molar refractivity (Wildman–Crippen MR) is 125 cm³/mol. The van der Waals surface area contributed by atoms with Gasteiger partial charge in [-0.25, -0.2) is 13.2 Å². The van der Waals surface area contributed by atoms with E-state index in [2.05, 4.69) is 9.71 Å². The molecule has 0 fully saturated rings. The van der Waals surface area contributed by atoms with E-state index in [9.17, 15) is 18.0 Å². The van der Waals surface area contributed by atoms with E-state index in [-0.39, 0.29) is 21.9 Å². The van der Waals surface area contributed by atoms with Gasteiger partial charge in [0.2, 0.25) is 0 Å². The lowest BCUT2D eigenvalue weighted by Gasteiger charge is -2.23. The van der Waals surface area contributed by atoms with Gasteiger partial charge in [-0.3, -0.25) is 14.5 Å². The van der Waals surface area contributed by atoms with Crippen LogP contribution in [0.3, 0.4) is 0 Å². The summed E-state index contributed by atoms with van der Waals surface area (Å²) >= 11 is 0. The van der Waals surface area contributed by atoms with Gasteiger partial charge in [-0.15, -0.1) is 0 Å². The highest BCUT2D eigenvalue weighted by Crippen LogP contribution is 2.46. The summed E-state index contributed by atoms with van der Waals surface area (Å²) in [5, 5.41) is 0. The molecule has 0 unspecified atom stereocenters. The lowest BCUT2D eigenvalue weighted by atomic mass is 9.83. The molecule has 2 aliphatic heterocycles. The molecule has 2 aromatic carbocycles. The molecule has 4 rings (SSSR count). The van der Waals surface area contributed by atoms with E-state index in [1.807, 2.05) is 50.1 Å². The van der Waals surface area contributed by atoms with Crippen molar-refractivity contribution in [2.45, 2.75) is 37.1 Å². The average Bonchev–Trinajstić information content (AvgIpc) is 3.14. The molecule has 0 amide bonds. The molecule has 8 nitrogen and oxygen atoms in total. The van der Waals surface area contributed by atoms with Crippen molar-refractivity contribution in [2.75, 3.05) is 18.6 Å². The van der Waals surface area contributed by atoms with E-state index in [1.165, 1.54) is 19.1 Å². The van der Waals surface area contributed by atoms with Gasteiger partial charge in [0, 0.05) is 35.5 Å². The number of aliphatic imine (C=N–C) groups is 1. The Morgan fingerprint density at radius 3 is 2.55 bits per heavy atom. The van der Waals surface area contributed by atoms with Crippen molar-refractivity contribution in [1.82, 2.24) is 4.72 Å². The molecule has 2 heterocycles. The number of amidine groups is 1. The van der Waals surface area contributed by atoms with E-state index in [4.69, 9.17) is 4.74 Å². The van der Waals surface area contributed by atoms with Crippen LogP contribution in [0.4, 0.5) is 5.69 Å². The van der Waals surface area contributed by atoms with Gasteiger partial charge in [-0.1, -0.05) is 44.2 Å². The summed E-state index contributed by atoms with van der Waals surface area (Å²) in [6.07, 6.45) is 1.51. The van der Waals surface area contributed by atoms with Crippen molar-refractivity contribution in [3.05, 3.63) is 71.4 Å². The van der Waals surface area contributed by atoms with Crippen LogP contribution in [0.15, 0.2) is 70.2 Å². The van der Waals surface area contributed by atoms with Crippen LogP contribution >= 0.6 is 0 Å². The van der Waals surface area contributed by atoms with Crippen LogP contribution in [-0.4, -0.2) is 45.7 Å². The molecular weight excluding hydrogens is 442 g/mol. The van der Waals surface area contributed by atoms with Gasteiger partial charge in [0.05, 0.1) is 4.90 Å². The van der Waals surface area contributed by atoms with Crippen LogP contribution in [0, 0.1) is 0 Å². The minimum Gasteiger partial charge on any atom is -0.456 e. The highest BCUT2D eigenvalue weighted by molar-refractivity contribution is 7.90. The van der Waals surface area contributed by atoms with E-state index in [1.54, 1.807) is 18.2 Å². The molecule has 0 aliphatic carbocycles. The molecule has 0 spiro atoms. The van der Waals surface area contributed by atoms with Crippen molar-refractivity contribution in [3.63, 3.8) is 0 Å². The number of hydrogen-bond acceptors (Lipinski definition) is 7. The number of carbonyl (C=O) groups is 2. The number of anilines is 1. The first-order valence-electron chi connectivity index (χ1n) is 10.5. The molecule has 2 aliphatic rings. The van der Waals surface area contributed by atoms with Gasteiger partial charge in [-0.2, -0.15) is 0 Å². The standard InChI is InChI=1S/C24H25N3O5S/c1-15(25-22-17-9-5-8-12-20(17)33(30,31)26-22)23(29)32-14-16(28)13-21-24(2,3)18-10-6-7-11-19(18)27(21)4/h5-13,15H,14H2,1-4H3,(H,25,26)/b21-13+/t15-/m1/s1. The van der Waals surface area contributed by atoms with E-state index >= 15 is 0 Å². The smallest absolute Gasteiger partial charge is 0.331 e. The zero-order valence-electron chi connectivity index (χ0n) is 18.8. The number of para-hydroxylation sites is 1. The molecule has 0 aromatic heterocycles. The van der Waals surface area contributed by atoms with E-state index in [0.717, 1.165) is 16.9 Å². The molecule has 1 atom stereocenters. The number of fused-ring (bicyclic) bond motifs is 2. The van der Waals surface area contributed by atoms with Crippen molar-refractivity contribution in [3.8, 4) is 0 Å². The summed E-state index contributed by atoms with van der Waals surface area (Å²) in [7, 11) is -1.80. The monoisotopic (exact) mass is 467 g/mol. The SMILES string of the molecule is C[C@@H](N=C1NS(=O)(=O)c2ccccc21)C(=O)OCC(=O)/C=C1/N(C)c2ccccc2C1(C)C. The lowest BCUT2D eigenvalue weighted by Crippen LogP contribution is -2.28. The predicted octanol–water partition coefficient (Wildman–Crippen LogP) is 2.54. The minimum absolute atomic E-state index is 0.0792. The van der Waals surface area contributed by atoms with E-state index < -0.39 is 28.6 Å². The zero-order valence-corrected chi connectivity index (χ0v) is 19.6. The minimum atomic E-state index is -3.70. The van der Waals surface area contributed by atoms with Gasteiger partial charge in [0.15, 0.2) is 12.4 Å². The fourth-order valence-electron chi connectivity index (χ4n) is 4.19. The van der Waals surface area contributed by atoms with E-state index in [0.29, 0.717) is 5.56 Å². The lowest BCUT2D eigenvalue weighted by molar-refractivity contribution is -0.147. The molecular formula is C24H25N3O5S. The van der Waals surface area contributed by atoms with Crippen LogP contribution < -0.4 is 9.62 Å². The maximum absolute atomic E-state index is 12.6. The van der Waals surface area contributed by atoms with Crippen LogP contribution in [0.5, 0.6) is 0 Å². The third kappa shape index (κ3) is 4.04. The number of allylic oxidation sites excluding steroid dienone is 1. The van der Waals surface area contributed by atoms with Crippen LogP contribution in [0.25, 0.3) is 0 Å². The third-order valence-corrected chi connectivity index (χ3v) is 7.32. The van der Waals surface area contributed by atoms with Gasteiger partial charge in [0.25, 0.3) is 10.0 Å². The molecule has 33 heavy (non-hydrogen) atoms. The molecule has 0 radical (unpaired) electrons. The average molecular weight is 468 g/mol. The van der Waals surface area contributed by atoms with Gasteiger partial charge >= 0.3 is 5.97 Å². The summed E-state index contributed by atoms with van der Waals surface area (Å²) in [6, 6.07) is 13.3. The topological polar surface area (TPSA) is 105 Å². The largest absolute Gasteiger partial charge is 0.456 e. The summed E-state index contributed by atoms with van der Waals surface area (Å²) in [6.45, 7) is 5.14. The number of ether oxygens (including phenoxy) is 1. The maximum Gasteiger partial charge on any atom is 0.331 e. The Morgan fingerprint density at radius 2 is 1.82 bits per heavy atom. The molecule has 2 aromatic rings. The molecule has 1 N–H and O–H groups in total. The maximum atomic E-state index is 12.6. The number of ketones is 1. The summed E-state index contributed by atoms with van der Waals surface area (Å²) in [4.78, 5) is 31.3. The first-order valence-corrected chi connectivity index (χ1v) is 12.0. The number of benzene rings is 2. The second-order valence-electron chi connectivity index (χ2n) is 8.56. The Kier molecular flexibility index (Phi) is 5.61. The van der Waals surface area contributed by atoms with Crippen molar-refractivity contribution < 1.29 is 22.7 Å². The number of carbonyl (C=O) groups excluding carboxylic acids is 2. The number of esters is 1. The fourth-order valence-corrected chi connectivity index (χ4v) is 5.43. The second kappa shape index (κ2) is 8.15. The normalized spacial score (nSPS) is 20.8. The Bertz CT molecular complexity index is 1310. The van der Waals surface area contributed by atoms with Crippen molar-refractivity contribution in [1.29, 1.82) is 0 Å². The number of rotatable bonds is 5. The number of hydrogen-bond donors (Lipinski definition) is 1. The summed E-state index contributed by atoms with van der Waals surface area (Å²) in [5.41, 5.74) is 2.99. The van der Waals surface area contributed by atoms with Crippen molar-refractivity contribution >= 4 is 33.3 Å². The van der Waals surface area contributed by atoms with Gasteiger partial charge in [-0.05, 0) is 30.7 Å². The van der Waals surface area contributed by atoms with Crippen LogP contribution in [0.1, 0.15) is 31.9 Å². The van der Waals surface area contributed by atoms with Crippen molar-refractivity contribution in [2.24, 2.45) is 4.99 Å². The number of nitrogens with zero attached hydrogens (tertiary/aromatic N) is 2. The summed E-state index contributed by atoms with van der Waals surface area (Å²) < 4.78 is 31.9.